The molecule has 0 aliphatic rings. The maximum atomic E-state index is 10.9. The minimum atomic E-state index is -2.65. The Morgan fingerprint density at radius 2 is 1.39 bits per heavy atom. The predicted molar refractivity (Wildman–Crippen MR) is 52.7 cm³/mol. The van der Waals surface area contributed by atoms with Crippen molar-refractivity contribution >= 4 is 23.9 Å². The third-order valence-corrected chi connectivity index (χ3v) is 1.58. The molecule has 10 nitrogen and oxygen atoms in total. The van der Waals surface area contributed by atoms with Gasteiger partial charge in [0.05, 0.1) is 12.8 Å². The Kier molecular flexibility index (Phi) is 7.26. The lowest BCUT2D eigenvalue weighted by Crippen LogP contribution is -2.45. The topological polar surface area (TPSA) is 182 Å². The molecule has 0 unspecified atom stereocenters. The maximum Gasteiger partial charge on any atom is 0.341 e. The van der Waals surface area contributed by atoms with Gasteiger partial charge in [-0.25, -0.2) is 9.59 Å². The molecule has 0 amide bonds. The fourth-order valence-electron chi connectivity index (χ4n) is 0.935. The van der Waals surface area contributed by atoms with Crippen LogP contribution < -0.4 is 6.15 Å². The first-order valence-corrected chi connectivity index (χ1v) is 4.23. The largest absolute Gasteiger partial charge is 0.481 e. The molecule has 0 spiro atoms. The Hall–Kier alpha value is -2.20. The molecular weight excluding hydrogens is 254 g/mol. The van der Waals surface area contributed by atoms with Crippen LogP contribution in [0.5, 0.6) is 0 Å². The van der Waals surface area contributed by atoms with Crippen LogP contribution in [0.15, 0.2) is 0 Å². The Morgan fingerprint density at radius 1 is 1.00 bits per heavy atom. The lowest BCUT2D eigenvalue weighted by Gasteiger charge is -2.23. The van der Waals surface area contributed by atoms with E-state index in [0.717, 1.165) is 6.92 Å². The third-order valence-electron chi connectivity index (χ3n) is 1.58. The van der Waals surface area contributed by atoms with Crippen molar-refractivity contribution in [2.75, 3.05) is 0 Å². The highest BCUT2D eigenvalue weighted by molar-refractivity contribution is 5.88. The van der Waals surface area contributed by atoms with Gasteiger partial charge in [-0.05, 0) is 0 Å². The summed E-state index contributed by atoms with van der Waals surface area (Å²) in [7, 11) is 0. The van der Waals surface area contributed by atoms with Gasteiger partial charge < -0.3 is 21.5 Å². The van der Waals surface area contributed by atoms with Crippen molar-refractivity contribution < 1.29 is 44.3 Å². The highest BCUT2D eigenvalue weighted by atomic mass is 17.2. The van der Waals surface area contributed by atoms with Gasteiger partial charge in [0.25, 0.3) is 0 Å². The van der Waals surface area contributed by atoms with E-state index in [1.165, 1.54) is 0 Å². The molecule has 0 saturated heterocycles. The van der Waals surface area contributed by atoms with Gasteiger partial charge >= 0.3 is 23.9 Å². The molecular formula is C8H13NO9. The summed E-state index contributed by atoms with van der Waals surface area (Å²) in [5.74, 6) is -6.11. The maximum absolute atomic E-state index is 10.9. The summed E-state index contributed by atoms with van der Waals surface area (Å²) >= 11 is 0. The molecule has 0 rings (SSSR count). The lowest BCUT2D eigenvalue weighted by atomic mass is 9.96. The SMILES string of the molecule is CC(=O)OOC(CC(=O)O)(CC(=O)O)C(=O)O.N. The Bertz CT molecular complexity index is 334. The second kappa shape index (κ2) is 7.19. The fourth-order valence-corrected chi connectivity index (χ4v) is 0.935. The third kappa shape index (κ3) is 5.77. The van der Waals surface area contributed by atoms with Crippen LogP contribution in [0.3, 0.4) is 0 Å². The first-order chi connectivity index (χ1) is 7.69. The number of hydrogen-bond donors (Lipinski definition) is 4. The van der Waals surface area contributed by atoms with Gasteiger partial charge in [0.2, 0.25) is 5.60 Å². The van der Waals surface area contributed by atoms with E-state index in [4.69, 9.17) is 15.3 Å². The van der Waals surface area contributed by atoms with Crippen LogP contribution >= 0.6 is 0 Å². The van der Waals surface area contributed by atoms with Crippen LogP contribution in [0.25, 0.3) is 0 Å². The summed E-state index contributed by atoms with van der Waals surface area (Å²) in [4.78, 5) is 50.3. The summed E-state index contributed by atoms with van der Waals surface area (Å²) in [6, 6.07) is 0. The minimum absolute atomic E-state index is 0. The zero-order valence-electron chi connectivity index (χ0n) is 9.41. The molecule has 18 heavy (non-hydrogen) atoms. The molecule has 0 aromatic rings. The van der Waals surface area contributed by atoms with Gasteiger partial charge in [-0.15, -0.1) is 0 Å². The highest BCUT2D eigenvalue weighted by Gasteiger charge is 2.47. The summed E-state index contributed by atoms with van der Waals surface area (Å²) in [5.41, 5.74) is -2.65. The summed E-state index contributed by atoms with van der Waals surface area (Å²) in [5, 5.41) is 25.8. The molecule has 104 valence electrons. The number of carbonyl (C=O) groups is 4. The smallest absolute Gasteiger partial charge is 0.341 e. The van der Waals surface area contributed by atoms with Gasteiger partial charge in [0.15, 0.2) is 0 Å². The molecule has 0 aliphatic carbocycles. The van der Waals surface area contributed by atoms with Crippen molar-refractivity contribution in [1.82, 2.24) is 6.15 Å². The molecule has 0 heterocycles. The van der Waals surface area contributed by atoms with E-state index in [-0.39, 0.29) is 6.15 Å². The normalized spacial score (nSPS) is 10.1. The van der Waals surface area contributed by atoms with Gasteiger partial charge in [-0.2, -0.15) is 4.89 Å². The summed E-state index contributed by atoms with van der Waals surface area (Å²) in [6.07, 6.45) is -2.33. The van der Waals surface area contributed by atoms with Crippen molar-refractivity contribution in [3.05, 3.63) is 0 Å². The Balaban J connectivity index is 0. The number of aliphatic carboxylic acids is 3. The number of carbonyl (C=O) groups excluding carboxylic acids is 1. The summed E-state index contributed by atoms with van der Waals surface area (Å²) in [6.45, 7) is 0.883. The molecule has 0 atom stereocenters. The molecule has 0 aromatic carbocycles. The van der Waals surface area contributed by atoms with Crippen LogP contribution in [0.4, 0.5) is 0 Å². The van der Waals surface area contributed by atoms with Crippen LogP contribution in [-0.4, -0.2) is 44.8 Å². The Morgan fingerprint density at radius 3 is 1.61 bits per heavy atom. The highest BCUT2D eigenvalue weighted by Crippen LogP contribution is 2.22. The molecule has 6 N–H and O–H groups in total. The van der Waals surface area contributed by atoms with Crippen molar-refractivity contribution in [2.45, 2.75) is 25.4 Å². The van der Waals surface area contributed by atoms with Crippen LogP contribution in [0.2, 0.25) is 0 Å². The second-order valence-electron chi connectivity index (χ2n) is 3.10. The van der Waals surface area contributed by atoms with Gasteiger partial charge in [-0.3, -0.25) is 14.5 Å². The zero-order valence-corrected chi connectivity index (χ0v) is 9.41. The fraction of sp³-hybridized carbons (Fsp3) is 0.500. The van der Waals surface area contributed by atoms with E-state index in [2.05, 4.69) is 9.78 Å². The molecule has 0 radical (unpaired) electrons. The van der Waals surface area contributed by atoms with E-state index in [9.17, 15) is 19.2 Å². The molecule has 0 bridgehead atoms. The molecule has 0 aromatic heterocycles. The molecule has 10 heteroatoms. The predicted octanol–water partition coefficient (Wildman–Crippen LogP) is -0.584. The second-order valence-corrected chi connectivity index (χ2v) is 3.10. The van der Waals surface area contributed by atoms with Crippen LogP contribution in [0.1, 0.15) is 19.8 Å². The van der Waals surface area contributed by atoms with Gasteiger partial charge in [0.1, 0.15) is 0 Å². The molecule has 0 fully saturated rings. The Labute approximate surface area is 101 Å². The van der Waals surface area contributed by atoms with Gasteiger partial charge in [-0.1, -0.05) is 0 Å². The average molecular weight is 267 g/mol. The van der Waals surface area contributed by atoms with Crippen LogP contribution in [0, 0.1) is 0 Å². The van der Waals surface area contributed by atoms with Crippen molar-refractivity contribution in [3.8, 4) is 0 Å². The van der Waals surface area contributed by atoms with E-state index in [1.54, 1.807) is 0 Å². The number of hydrogen-bond acceptors (Lipinski definition) is 7. The molecule has 0 saturated carbocycles. The average Bonchev–Trinajstić information content (AvgIpc) is 2.11. The quantitative estimate of drug-likeness (QED) is 0.343. The number of carboxylic acid groups (broad SMARTS) is 3. The van der Waals surface area contributed by atoms with Crippen molar-refractivity contribution in [1.29, 1.82) is 0 Å². The van der Waals surface area contributed by atoms with Crippen molar-refractivity contribution in [2.24, 2.45) is 0 Å². The van der Waals surface area contributed by atoms with Crippen molar-refractivity contribution in [3.63, 3.8) is 0 Å². The first kappa shape index (κ1) is 18.2. The zero-order chi connectivity index (χ0) is 13.6. The summed E-state index contributed by atoms with van der Waals surface area (Å²) < 4.78 is 0. The standard InChI is InChI=1S/C8H10O9.H3N/c1-4(9)16-17-8(7(14)15,2-5(10)11)3-6(12)13;/h2-3H2,1H3,(H,10,11)(H,12,13)(H,14,15);1H3. The molecule has 0 aliphatic heterocycles. The number of rotatable bonds is 7. The minimum Gasteiger partial charge on any atom is -0.481 e. The lowest BCUT2D eigenvalue weighted by molar-refractivity contribution is -0.327. The monoisotopic (exact) mass is 267 g/mol. The van der Waals surface area contributed by atoms with E-state index in [1.807, 2.05) is 0 Å². The van der Waals surface area contributed by atoms with E-state index in [0.29, 0.717) is 0 Å². The number of carboxylic acids is 3. The van der Waals surface area contributed by atoms with Crippen LogP contribution in [-0.2, 0) is 29.0 Å². The van der Waals surface area contributed by atoms with E-state index >= 15 is 0 Å². The van der Waals surface area contributed by atoms with E-state index < -0.39 is 42.3 Å². The van der Waals surface area contributed by atoms with Gasteiger partial charge in [0, 0.05) is 6.92 Å². The first-order valence-electron chi connectivity index (χ1n) is 4.23.